The first-order valence-corrected chi connectivity index (χ1v) is 11.1. The third kappa shape index (κ3) is 11.8. The van der Waals surface area contributed by atoms with Crippen LogP contribution in [-0.4, -0.2) is 60.6 Å². The average molecular weight is 367 g/mol. The van der Waals surface area contributed by atoms with Crippen LogP contribution in [0.25, 0.3) is 0 Å². The summed E-state index contributed by atoms with van der Waals surface area (Å²) < 4.78 is 0. The lowest BCUT2D eigenvalue weighted by Gasteiger charge is -2.25. The van der Waals surface area contributed by atoms with Gasteiger partial charge in [-0.1, -0.05) is 52.4 Å². The van der Waals surface area contributed by atoms with Crippen molar-refractivity contribution in [2.75, 3.05) is 39.3 Å². The highest BCUT2D eigenvalue weighted by molar-refractivity contribution is 5.81. The van der Waals surface area contributed by atoms with E-state index < -0.39 is 0 Å². The first-order chi connectivity index (χ1) is 12.7. The van der Waals surface area contributed by atoms with Crippen molar-refractivity contribution in [2.24, 2.45) is 0 Å². The average Bonchev–Trinajstić information content (AvgIpc) is 2.63. The molecule has 0 radical (unpaired) electrons. The molecule has 152 valence electrons. The van der Waals surface area contributed by atoms with Gasteiger partial charge in [-0.25, -0.2) is 0 Å². The molecule has 0 aromatic rings. The van der Waals surface area contributed by atoms with Crippen LogP contribution in [-0.2, 0) is 9.59 Å². The quantitative estimate of drug-likeness (QED) is 0.535. The van der Waals surface area contributed by atoms with Crippen LogP contribution in [0.2, 0.25) is 0 Å². The van der Waals surface area contributed by atoms with Crippen molar-refractivity contribution in [2.45, 2.75) is 90.9 Å². The minimum Gasteiger partial charge on any atom is -0.298 e. The molecule has 2 rings (SSSR count). The highest BCUT2D eigenvalue weighted by atomic mass is 16.1. The van der Waals surface area contributed by atoms with Gasteiger partial charge in [0.2, 0.25) is 0 Å². The maximum Gasteiger partial charge on any atom is 0.146 e. The van der Waals surface area contributed by atoms with E-state index in [9.17, 15) is 9.59 Å². The Balaban J connectivity index is 0.000000260. The van der Waals surface area contributed by atoms with Crippen molar-refractivity contribution < 1.29 is 9.59 Å². The summed E-state index contributed by atoms with van der Waals surface area (Å²) in [5.74, 6) is 0.864. The van der Waals surface area contributed by atoms with Crippen LogP contribution in [0.5, 0.6) is 0 Å². The fourth-order valence-electron chi connectivity index (χ4n) is 3.72. The molecule has 0 bridgehead atoms. The van der Waals surface area contributed by atoms with Gasteiger partial charge in [0.25, 0.3) is 0 Å². The molecular formula is C22H42N2O2. The zero-order valence-corrected chi connectivity index (χ0v) is 17.4. The summed E-state index contributed by atoms with van der Waals surface area (Å²) in [7, 11) is 0. The van der Waals surface area contributed by atoms with Gasteiger partial charge in [0, 0.05) is 12.8 Å². The summed E-state index contributed by atoms with van der Waals surface area (Å²) in [5, 5.41) is 0. The molecule has 0 aromatic heterocycles. The fourth-order valence-corrected chi connectivity index (χ4v) is 3.72. The monoisotopic (exact) mass is 366 g/mol. The summed E-state index contributed by atoms with van der Waals surface area (Å²) in [6.45, 7) is 10.4. The van der Waals surface area contributed by atoms with E-state index in [-0.39, 0.29) is 0 Å². The van der Waals surface area contributed by atoms with Gasteiger partial charge in [-0.15, -0.1) is 0 Å². The van der Waals surface area contributed by atoms with E-state index in [4.69, 9.17) is 0 Å². The minimum absolute atomic E-state index is 0.432. The predicted octanol–water partition coefficient (Wildman–Crippen LogP) is 4.46. The second-order valence-electron chi connectivity index (χ2n) is 7.96. The molecule has 0 N–H and O–H groups in total. The molecule has 2 fully saturated rings. The lowest BCUT2D eigenvalue weighted by molar-refractivity contribution is -0.122. The van der Waals surface area contributed by atoms with Crippen molar-refractivity contribution >= 4 is 11.6 Å². The zero-order chi connectivity index (χ0) is 19.0. The molecule has 4 nitrogen and oxygen atoms in total. The lowest BCUT2D eigenvalue weighted by Crippen LogP contribution is -2.36. The number of likely N-dealkylation sites (tertiary alicyclic amines) is 2. The molecule has 2 heterocycles. The molecule has 0 amide bonds. The molecule has 0 atom stereocenters. The molecule has 0 unspecified atom stereocenters. The third-order valence-corrected chi connectivity index (χ3v) is 5.32. The summed E-state index contributed by atoms with van der Waals surface area (Å²) in [6, 6.07) is 0. The third-order valence-electron chi connectivity index (χ3n) is 5.32. The molecule has 26 heavy (non-hydrogen) atoms. The Kier molecular flexibility index (Phi) is 13.7. The van der Waals surface area contributed by atoms with E-state index in [2.05, 4.69) is 23.6 Å². The largest absolute Gasteiger partial charge is 0.298 e. The number of rotatable bonds is 10. The normalized spacial score (nSPS) is 19.3. The second kappa shape index (κ2) is 15.3. The Morgan fingerprint density at radius 2 is 1.08 bits per heavy atom. The van der Waals surface area contributed by atoms with Crippen molar-refractivity contribution in [3.8, 4) is 0 Å². The van der Waals surface area contributed by atoms with Crippen LogP contribution >= 0.6 is 0 Å². The Labute approximate surface area is 161 Å². The molecule has 0 saturated carbocycles. The number of Topliss-reactive ketones (excluding diaryl/α,β-unsaturated/α-hetero) is 2. The van der Waals surface area contributed by atoms with Gasteiger partial charge in [0.05, 0.1) is 13.1 Å². The number of carbonyl (C=O) groups is 2. The Morgan fingerprint density at radius 1 is 0.654 bits per heavy atom. The first kappa shape index (κ1) is 23.3. The predicted molar refractivity (Wildman–Crippen MR) is 110 cm³/mol. The highest BCUT2D eigenvalue weighted by Crippen LogP contribution is 2.09. The molecule has 2 saturated heterocycles. The number of hydrogen-bond donors (Lipinski definition) is 0. The molecule has 0 spiro atoms. The van der Waals surface area contributed by atoms with E-state index in [0.717, 1.165) is 51.9 Å². The van der Waals surface area contributed by atoms with Gasteiger partial charge in [0.15, 0.2) is 0 Å². The van der Waals surface area contributed by atoms with Gasteiger partial charge in [0.1, 0.15) is 11.6 Å². The van der Waals surface area contributed by atoms with E-state index in [1.807, 2.05) is 0 Å². The van der Waals surface area contributed by atoms with Crippen LogP contribution in [0.1, 0.15) is 90.9 Å². The molecule has 4 heteroatoms. The van der Waals surface area contributed by atoms with Gasteiger partial charge in [-0.2, -0.15) is 0 Å². The Hall–Kier alpha value is -0.740. The van der Waals surface area contributed by atoms with E-state index >= 15 is 0 Å². The smallest absolute Gasteiger partial charge is 0.146 e. The van der Waals surface area contributed by atoms with E-state index in [1.54, 1.807) is 0 Å². The number of unbranched alkanes of at least 4 members (excludes halogenated alkanes) is 6. The fraction of sp³-hybridized carbons (Fsp3) is 0.909. The van der Waals surface area contributed by atoms with Gasteiger partial charge in [-0.3, -0.25) is 19.4 Å². The van der Waals surface area contributed by atoms with Crippen LogP contribution < -0.4 is 0 Å². The summed E-state index contributed by atoms with van der Waals surface area (Å²) in [5.41, 5.74) is 0. The SMILES string of the molecule is CCCCCCN1CCCC(=O)C1.CCCCCCN1CCCC(=O)C1. The lowest BCUT2D eigenvalue weighted by atomic mass is 10.1. The number of hydrogen-bond acceptors (Lipinski definition) is 4. The van der Waals surface area contributed by atoms with Crippen molar-refractivity contribution in [3.63, 3.8) is 0 Å². The molecule has 0 aromatic carbocycles. The summed E-state index contributed by atoms with van der Waals surface area (Å²) >= 11 is 0. The summed E-state index contributed by atoms with van der Waals surface area (Å²) in [6.07, 6.45) is 14.2. The van der Waals surface area contributed by atoms with Crippen LogP contribution in [0.15, 0.2) is 0 Å². The van der Waals surface area contributed by atoms with Crippen LogP contribution in [0.4, 0.5) is 0 Å². The number of nitrogens with zero attached hydrogens (tertiary/aromatic N) is 2. The number of piperidine rings is 2. The minimum atomic E-state index is 0.432. The van der Waals surface area contributed by atoms with Crippen molar-refractivity contribution in [3.05, 3.63) is 0 Å². The Bertz CT molecular complexity index is 348. The van der Waals surface area contributed by atoms with Crippen molar-refractivity contribution in [1.82, 2.24) is 9.80 Å². The van der Waals surface area contributed by atoms with Gasteiger partial charge < -0.3 is 0 Å². The first-order valence-electron chi connectivity index (χ1n) is 11.1. The van der Waals surface area contributed by atoms with Gasteiger partial charge in [-0.05, 0) is 51.9 Å². The second-order valence-corrected chi connectivity index (χ2v) is 7.96. The molecule has 2 aliphatic rings. The summed E-state index contributed by atoms with van der Waals surface area (Å²) in [4.78, 5) is 26.9. The van der Waals surface area contributed by atoms with Gasteiger partial charge >= 0.3 is 0 Å². The molecular weight excluding hydrogens is 324 g/mol. The van der Waals surface area contributed by atoms with Crippen LogP contribution in [0.3, 0.4) is 0 Å². The molecule has 0 aliphatic carbocycles. The standard InChI is InChI=1S/2C11H21NO/c2*1-2-3-4-5-8-12-9-6-7-11(13)10-12/h2*2-10H2,1H3. The van der Waals surface area contributed by atoms with E-state index in [1.165, 1.54) is 51.4 Å². The topological polar surface area (TPSA) is 40.6 Å². The Morgan fingerprint density at radius 3 is 1.42 bits per heavy atom. The molecule has 2 aliphatic heterocycles. The number of ketones is 2. The van der Waals surface area contributed by atoms with E-state index in [0.29, 0.717) is 24.7 Å². The zero-order valence-electron chi connectivity index (χ0n) is 17.4. The maximum atomic E-state index is 11.1. The highest BCUT2D eigenvalue weighted by Gasteiger charge is 2.16. The van der Waals surface area contributed by atoms with Crippen LogP contribution in [0, 0.1) is 0 Å². The maximum absolute atomic E-state index is 11.1. The number of carbonyl (C=O) groups excluding carboxylic acids is 2. The van der Waals surface area contributed by atoms with Crippen molar-refractivity contribution in [1.29, 1.82) is 0 Å².